The Morgan fingerprint density at radius 2 is 2.00 bits per heavy atom. The number of carbonyl (C=O) groups is 1. The average molecular weight is 359 g/mol. The summed E-state index contributed by atoms with van der Waals surface area (Å²) in [5, 5.41) is 11.0. The summed E-state index contributed by atoms with van der Waals surface area (Å²) in [4.78, 5) is 27.2. The summed E-state index contributed by atoms with van der Waals surface area (Å²) in [6.07, 6.45) is 5.96. The number of amides is 1. The molecular weight excluding hydrogens is 342 g/mol. The Balaban J connectivity index is 1.54. The maximum Gasteiger partial charge on any atom is 0.273 e. The van der Waals surface area contributed by atoms with Crippen LogP contribution in [0.1, 0.15) is 29.0 Å². The van der Waals surface area contributed by atoms with E-state index >= 15 is 0 Å². The molecule has 27 heavy (non-hydrogen) atoms. The minimum absolute atomic E-state index is 0.111. The Kier molecular flexibility index (Phi) is 4.62. The van der Waals surface area contributed by atoms with Gasteiger partial charge in [0.25, 0.3) is 11.8 Å². The number of benzene rings is 1. The van der Waals surface area contributed by atoms with Gasteiger partial charge in [0.15, 0.2) is 0 Å². The summed E-state index contributed by atoms with van der Waals surface area (Å²) >= 11 is 0. The first-order valence-electron chi connectivity index (χ1n) is 8.77. The fraction of sp³-hybridized carbons (Fsp3) is 0.250. The summed E-state index contributed by atoms with van der Waals surface area (Å²) in [7, 11) is 0. The highest BCUT2D eigenvalue weighted by atomic mass is 16.5. The number of ether oxygens (including phenoxy) is 1. The molecule has 0 aliphatic carbocycles. The minimum atomic E-state index is -0.235. The van der Waals surface area contributed by atoms with E-state index in [-0.39, 0.29) is 23.6 Å². The highest BCUT2D eigenvalue weighted by Gasteiger charge is 2.28. The van der Waals surface area contributed by atoms with Crippen molar-refractivity contribution in [1.82, 2.24) is 19.9 Å². The van der Waals surface area contributed by atoms with Gasteiger partial charge in [-0.3, -0.25) is 9.78 Å². The van der Waals surface area contributed by atoms with Gasteiger partial charge >= 0.3 is 0 Å². The van der Waals surface area contributed by atoms with Crippen molar-refractivity contribution in [1.29, 1.82) is 5.26 Å². The van der Waals surface area contributed by atoms with Crippen molar-refractivity contribution in [3.05, 3.63) is 60.3 Å². The average Bonchev–Trinajstić information content (AvgIpc) is 2.73. The molecule has 1 aromatic carbocycles. The number of carbonyl (C=O) groups excluding carboxylic acids is 1. The van der Waals surface area contributed by atoms with Crippen molar-refractivity contribution in [2.75, 3.05) is 13.1 Å². The third-order valence-corrected chi connectivity index (χ3v) is 4.59. The molecule has 0 bridgehead atoms. The van der Waals surface area contributed by atoms with Crippen molar-refractivity contribution in [2.24, 2.45) is 0 Å². The number of fused-ring (bicyclic) bond motifs is 1. The van der Waals surface area contributed by atoms with Crippen molar-refractivity contribution in [3.63, 3.8) is 0 Å². The lowest BCUT2D eigenvalue weighted by atomic mass is 10.1. The summed E-state index contributed by atoms with van der Waals surface area (Å²) in [5.74, 6) is 0.0994. The van der Waals surface area contributed by atoms with Crippen LogP contribution in [0.25, 0.3) is 10.8 Å². The number of aromatic nitrogens is 3. The van der Waals surface area contributed by atoms with Crippen LogP contribution in [0, 0.1) is 11.3 Å². The smallest absolute Gasteiger partial charge is 0.273 e. The predicted octanol–water partition coefficient (Wildman–Crippen LogP) is 2.58. The molecule has 1 atom stereocenters. The third-order valence-electron chi connectivity index (χ3n) is 4.59. The first kappa shape index (κ1) is 16.9. The minimum Gasteiger partial charge on any atom is -0.470 e. The number of nitriles is 1. The van der Waals surface area contributed by atoms with E-state index in [9.17, 15) is 4.79 Å². The molecule has 7 nitrogen and oxygen atoms in total. The number of likely N-dealkylation sites (tertiary alicyclic amines) is 1. The molecule has 2 aromatic heterocycles. The van der Waals surface area contributed by atoms with Crippen LogP contribution in [-0.4, -0.2) is 45.0 Å². The fourth-order valence-corrected chi connectivity index (χ4v) is 3.30. The molecular formula is C20H17N5O2. The van der Waals surface area contributed by atoms with Gasteiger partial charge in [0.2, 0.25) is 5.69 Å². The largest absolute Gasteiger partial charge is 0.470 e. The second-order valence-electron chi connectivity index (χ2n) is 6.34. The maximum atomic E-state index is 13.1. The number of nitrogens with zero attached hydrogens (tertiary/aromatic N) is 5. The molecule has 0 radical (unpaired) electrons. The highest BCUT2D eigenvalue weighted by molar-refractivity contribution is 6.05. The summed E-state index contributed by atoms with van der Waals surface area (Å²) in [6, 6.07) is 11.6. The van der Waals surface area contributed by atoms with Gasteiger partial charge in [0.1, 0.15) is 17.9 Å². The number of piperidine rings is 1. The van der Waals surface area contributed by atoms with E-state index in [4.69, 9.17) is 10.00 Å². The zero-order chi connectivity index (χ0) is 18.6. The van der Waals surface area contributed by atoms with Gasteiger partial charge in [-0.2, -0.15) is 5.26 Å². The quantitative estimate of drug-likeness (QED) is 0.714. The Morgan fingerprint density at radius 3 is 2.89 bits per heavy atom. The van der Waals surface area contributed by atoms with Gasteiger partial charge in [-0.15, -0.1) is 0 Å². The molecule has 1 unspecified atom stereocenters. The van der Waals surface area contributed by atoms with E-state index in [1.807, 2.05) is 36.4 Å². The Bertz CT molecular complexity index is 1020. The van der Waals surface area contributed by atoms with Crippen LogP contribution in [0.3, 0.4) is 0 Å². The zero-order valence-electron chi connectivity index (χ0n) is 14.6. The van der Waals surface area contributed by atoms with Gasteiger partial charge in [-0.1, -0.05) is 24.3 Å². The molecule has 1 aliphatic rings. The molecule has 0 N–H and O–H groups in total. The maximum absolute atomic E-state index is 13.1. The van der Waals surface area contributed by atoms with Crippen molar-refractivity contribution < 1.29 is 9.53 Å². The van der Waals surface area contributed by atoms with Crippen LogP contribution in [0.15, 0.2) is 48.9 Å². The van der Waals surface area contributed by atoms with Crippen LogP contribution in [0.5, 0.6) is 5.88 Å². The molecule has 3 heterocycles. The first-order chi connectivity index (χ1) is 13.3. The normalized spacial score (nSPS) is 16.7. The molecule has 1 amide bonds. The lowest BCUT2D eigenvalue weighted by molar-refractivity contribution is 0.0523. The van der Waals surface area contributed by atoms with Gasteiger partial charge in [0, 0.05) is 30.5 Å². The van der Waals surface area contributed by atoms with E-state index < -0.39 is 0 Å². The van der Waals surface area contributed by atoms with E-state index in [1.54, 1.807) is 11.1 Å². The molecule has 3 aromatic rings. The molecule has 4 rings (SSSR count). The standard InChI is InChI=1S/C20H17N5O2/c21-12-17-19(24-10-9-22-17)27-15-5-3-11-25(13-15)20(26)18-16-6-2-1-4-14(16)7-8-23-18/h1-2,4,6-10,15H,3,5,11,13H2. The SMILES string of the molecule is N#Cc1nccnc1OC1CCCN(C(=O)c2nccc3ccccc23)C1. The molecule has 134 valence electrons. The van der Waals surface area contributed by atoms with Gasteiger partial charge in [-0.05, 0) is 24.3 Å². The number of rotatable bonds is 3. The Morgan fingerprint density at radius 1 is 1.15 bits per heavy atom. The van der Waals surface area contributed by atoms with E-state index in [0.717, 1.165) is 23.6 Å². The Labute approximate surface area is 156 Å². The summed E-state index contributed by atoms with van der Waals surface area (Å²) in [5.41, 5.74) is 0.600. The van der Waals surface area contributed by atoms with Crippen LogP contribution in [-0.2, 0) is 0 Å². The lowest BCUT2D eigenvalue weighted by Crippen LogP contribution is -2.44. The Hall–Kier alpha value is -3.53. The molecule has 1 fully saturated rings. The first-order valence-corrected chi connectivity index (χ1v) is 8.77. The van der Waals surface area contributed by atoms with Gasteiger partial charge in [0.05, 0.1) is 6.54 Å². The van der Waals surface area contributed by atoms with E-state index in [2.05, 4.69) is 15.0 Å². The molecule has 0 spiro atoms. The van der Waals surface area contributed by atoms with Crippen molar-refractivity contribution >= 4 is 16.7 Å². The zero-order valence-corrected chi connectivity index (χ0v) is 14.6. The third kappa shape index (κ3) is 3.42. The second kappa shape index (κ2) is 7.38. The van der Waals surface area contributed by atoms with E-state index in [1.165, 1.54) is 12.4 Å². The van der Waals surface area contributed by atoms with Crippen molar-refractivity contribution in [2.45, 2.75) is 18.9 Å². The van der Waals surface area contributed by atoms with Gasteiger partial charge < -0.3 is 9.64 Å². The van der Waals surface area contributed by atoms with Crippen LogP contribution >= 0.6 is 0 Å². The number of hydrogen-bond acceptors (Lipinski definition) is 6. The number of hydrogen-bond donors (Lipinski definition) is 0. The summed E-state index contributed by atoms with van der Waals surface area (Å²) in [6.45, 7) is 1.07. The molecule has 7 heteroatoms. The van der Waals surface area contributed by atoms with Gasteiger partial charge in [-0.25, -0.2) is 9.97 Å². The topological polar surface area (TPSA) is 92.0 Å². The van der Waals surface area contributed by atoms with Crippen molar-refractivity contribution in [3.8, 4) is 11.9 Å². The van der Waals surface area contributed by atoms with E-state index in [0.29, 0.717) is 18.8 Å². The number of pyridine rings is 1. The molecule has 0 saturated carbocycles. The fourth-order valence-electron chi connectivity index (χ4n) is 3.30. The second-order valence-corrected chi connectivity index (χ2v) is 6.34. The van der Waals surface area contributed by atoms with Crippen LogP contribution in [0.2, 0.25) is 0 Å². The lowest BCUT2D eigenvalue weighted by Gasteiger charge is -2.32. The highest BCUT2D eigenvalue weighted by Crippen LogP contribution is 2.22. The van der Waals surface area contributed by atoms with Crippen LogP contribution < -0.4 is 4.74 Å². The molecule has 1 saturated heterocycles. The molecule has 1 aliphatic heterocycles. The van der Waals surface area contributed by atoms with Crippen LogP contribution in [0.4, 0.5) is 0 Å². The predicted molar refractivity (Wildman–Crippen MR) is 98.0 cm³/mol. The summed E-state index contributed by atoms with van der Waals surface area (Å²) < 4.78 is 5.87. The monoisotopic (exact) mass is 359 g/mol.